The second kappa shape index (κ2) is 8.54. The number of nitrogens with zero attached hydrogens (tertiary/aromatic N) is 3. The Morgan fingerprint density at radius 3 is 2.79 bits per heavy atom. The van der Waals surface area contributed by atoms with E-state index in [1.165, 1.54) is 10.1 Å². The summed E-state index contributed by atoms with van der Waals surface area (Å²) in [6.07, 6.45) is 4.60. The van der Waals surface area contributed by atoms with Gasteiger partial charge in [0.1, 0.15) is 0 Å². The summed E-state index contributed by atoms with van der Waals surface area (Å²) < 4.78 is 3.43. The van der Waals surface area contributed by atoms with Gasteiger partial charge in [-0.3, -0.25) is 19.1 Å². The van der Waals surface area contributed by atoms with Crippen LogP contribution in [0.4, 0.5) is 0 Å². The minimum Gasteiger partial charge on any atom is -0.345 e. The molecule has 33 heavy (non-hydrogen) atoms. The summed E-state index contributed by atoms with van der Waals surface area (Å²) in [5.74, 6) is -0.222. The van der Waals surface area contributed by atoms with Gasteiger partial charge in [-0.25, -0.2) is 0 Å². The van der Waals surface area contributed by atoms with Crippen LogP contribution in [0, 0.1) is 0 Å². The highest BCUT2D eigenvalue weighted by molar-refractivity contribution is 5.97. The molecule has 5 rings (SSSR count). The molecule has 8 heteroatoms. The minimum absolute atomic E-state index is 0.120. The largest absolute Gasteiger partial charge is 0.345 e. The standard InChI is InChI=1S/C25H25N5O3/c1-2-29-22-12-11-17(13-20(22)28-24(32)25(29)33)23(31)27-19-9-6-10-21-18(19)14-26-30(21)15-16-7-4-3-5-8-16/h3-5,7-8,11-14,19H,2,6,9-10,15H2,1H3,(H,27,31)(H,28,32)/t19-/m0/s1. The van der Waals surface area contributed by atoms with Crippen LogP contribution in [0.15, 0.2) is 64.3 Å². The lowest BCUT2D eigenvalue weighted by atomic mass is 9.92. The van der Waals surface area contributed by atoms with Gasteiger partial charge in [-0.05, 0) is 49.9 Å². The van der Waals surface area contributed by atoms with Crippen LogP contribution in [0.25, 0.3) is 11.0 Å². The van der Waals surface area contributed by atoms with E-state index in [0.717, 1.165) is 30.5 Å². The molecule has 2 aromatic carbocycles. The second-order valence-electron chi connectivity index (χ2n) is 8.34. The molecule has 4 aromatic rings. The average molecular weight is 444 g/mol. The van der Waals surface area contributed by atoms with E-state index in [9.17, 15) is 14.4 Å². The van der Waals surface area contributed by atoms with Crippen molar-refractivity contribution in [3.05, 3.63) is 97.8 Å². The Labute approximate surface area is 189 Å². The van der Waals surface area contributed by atoms with Crippen molar-refractivity contribution in [2.24, 2.45) is 0 Å². The van der Waals surface area contributed by atoms with Crippen molar-refractivity contribution in [2.45, 2.75) is 45.3 Å². The third kappa shape index (κ3) is 3.88. The highest BCUT2D eigenvalue weighted by Crippen LogP contribution is 2.30. The molecule has 0 bridgehead atoms. The lowest BCUT2D eigenvalue weighted by molar-refractivity contribution is 0.0932. The molecule has 0 saturated carbocycles. The zero-order valence-corrected chi connectivity index (χ0v) is 18.4. The van der Waals surface area contributed by atoms with Gasteiger partial charge in [0.25, 0.3) is 5.91 Å². The van der Waals surface area contributed by atoms with Gasteiger partial charge in [-0.1, -0.05) is 30.3 Å². The smallest absolute Gasteiger partial charge is 0.316 e. The number of amides is 1. The first-order valence-corrected chi connectivity index (χ1v) is 11.2. The van der Waals surface area contributed by atoms with Crippen LogP contribution in [0.3, 0.4) is 0 Å². The van der Waals surface area contributed by atoms with Gasteiger partial charge < -0.3 is 14.9 Å². The number of carbonyl (C=O) groups is 1. The normalized spacial score (nSPS) is 15.4. The van der Waals surface area contributed by atoms with Gasteiger partial charge in [-0.2, -0.15) is 5.10 Å². The number of carbonyl (C=O) groups excluding carboxylic acids is 1. The zero-order chi connectivity index (χ0) is 22.9. The van der Waals surface area contributed by atoms with Gasteiger partial charge >= 0.3 is 11.1 Å². The summed E-state index contributed by atoms with van der Waals surface area (Å²) in [7, 11) is 0. The second-order valence-corrected chi connectivity index (χ2v) is 8.34. The van der Waals surface area contributed by atoms with E-state index >= 15 is 0 Å². The van der Waals surface area contributed by atoms with Crippen molar-refractivity contribution in [2.75, 3.05) is 0 Å². The number of aryl methyl sites for hydroxylation is 1. The van der Waals surface area contributed by atoms with Gasteiger partial charge in [0.05, 0.1) is 29.8 Å². The minimum atomic E-state index is -0.690. The van der Waals surface area contributed by atoms with Gasteiger partial charge in [0, 0.05) is 23.4 Å². The van der Waals surface area contributed by atoms with E-state index in [2.05, 4.69) is 27.5 Å². The number of aromatic nitrogens is 4. The Morgan fingerprint density at radius 1 is 1.18 bits per heavy atom. The molecule has 1 aliphatic rings. The fourth-order valence-corrected chi connectivity index (χ4v) is 4.64. The summed E-state index contributed by atoms with van der Waals surface area (Å²) >= 11 is 0. The summed E-state index contributed by atoms with van der Waals surface area (Å²) in [5, 5.41) is 7.73. The quantitative estimate of drug-likeness (QED) is 0.463. The SMILES string of the molecule is CCn1c(=O)c(=O)[nH]c2cc(C(=O)N[C@H]3CCCc4c3cnn4Cc3ccccc3)ccc21. The fraction of sp³-hybridized carbons (Fsp3) is 0.280. The highest BCUT2D eigenvalue weighted by Gasteiger charge is 2.26. The lowest BCUT2D eigenvalue weighted by Crippen LogP contribution is -2.36. The van der Waals surface area contributed by atoms with Gasteiger partial charge in [-0.15, -0.1) is 0 Å². The summed E-state index contributed by atoms with van der Waals surface area (Å²) in [4.78, 5) is 39.7. The van der Waals surface area contributed by atoms with E-state index in [-0.39, 0.29) is 11.9 Å². The molecule has 8 nitrogen and oxygen atoms in total. The molecule has 2 heterocycles. The Morgan fingerprint density at radius 2 is 2.00 bits per heavy atom. The lowest BCUT2D eigenvalue weighted by Gasteiger charge is -2.24. The third-order valence-electron chi connectivity index (χ3n) is 6.30. The van der Waals surface area contributed by atoms with Crippen molar-refractivity contribution >= 4 is 16.9 Å². The van der Waals surface area contributed by atoms with Gasteiger partial charge in [0.2, 0.25) is 0 Å². The molecule has 0 aliphatic heterocycles. The molecule has 0 fully saturated rings. The third-order valence-corrected chi connectivity index (χ3v) is 6.30. The highest BCUT2D eigenvalue weighted by atomic mass is 16.2. The van der Waals surface area contributed by atoms with E-state index in [1.807, 2.05) is 29.1 Å². The van der Waals surface area contributed by atoms with E-state index in [0.29, 0.717) is 29.7 Å². The number of hydrogen-bond acceptors (Lipinski definition) is 4. The molecule has 1 aliphatic carbocycles. The number of aromatic amines is 1. The number of hydrogen-bond donors (Lipinski definition) is 2. The molecule has 0 saturated heterocycles. The molecule has 2 aromatic heterocycles. The van der Waals surface area contributed by atoms with Crippen molar-refractivity contribution in [1.29, 1.82) is 0 Å². The number of nitrogens with one attached hydrogen (secondary N) is 2. The fourth-order valence-electron chi connectivity index (χ4n) is 4.64. The Kier molecular flexibility index (Phi) is 5.42. The van der Waals surface area contributed by atoms with E-state index in [4.69, 9.17) is 0 Å². The maximum absolute atomic E-state index is 13.1. The first-order chi connectivity index (χ1) is 16.0. The monoisotopic (exact) mass is 443 g/mol. The molecule has 1 atom stereocenters. The number of benzene rings is 2. The Bertz CT molecular complexity index is 1450. The molecule has 168 valence electrons. The number of fused-ring (bicyclic) bond motifs is 2. The van der Waals surface area contributed by atoms with Crippen LogP contribution in [0.2, 0.25) is 0 Å². The topological polar surface area (TPSA) is 102 Å². The molecule has 1 amide bonds. The van der Waals surface area contributed by atoms with Crippen LogP contribution >= 0.6 is 0 Å². The van der Waals surface area contributed by atoms with Crippen LogP contribution in [0.1, 0.15) is 53.0 Å². The van der Waals surface area contributed by atoms with Crippen molar-refractivity contribution in [3.63, 3.8) is 0 Å². The summed E-state index contributed by atoms with van der Waals surface area (Å²) in [5.41, 5.74) is 3.61. The van der Waals surface area contributed by atoms with E-state index < -0.39 is 11.1 Å². The van der Waals surface area contributed by atoms with Crippen LogP contribution in [-0.4, -0.2) is 25.2 Å². The summed E-state index contributed by atoms with van der Waals surface area (Å²) in [6, 6.07) is 15.1. The molecule has 2 N–H and O–H groups in total. The predicted octanol–water partition coefficient (Wildman–Crippen LogP) is 2.76. The molecular formula is C25H25N5O3. The Balaban J connectivity index is 1.40. The maximum Gasteiger partial charge on any atom is 0.316 e. The number of H-pyrrole nitrogens is 1. The van der Waals surface area contributed by atoms with Crippen molar-refractivity contribution in [1.82, 2.24) is 24.6 Å². The maximum atomic E-state index is 13.1. The van der Waals surface area contributed by atoms with Crippen LogP contribution in [-0.2, 0) is 19.5 Å². The molecular weight excluding hydrogens is 418 g/mol. The van der Waals surface area contributed by atoms with Crippen LogP contribution < -0.4 is 16.4 Å². The average Bonchev–Trinajstić information content (AvgIpc) is 3.24. The first-order valence-electron chi connectivity index (χ1n) is 11.2. The number of rotatable bonds is 5. The summed E-state index contributed by atoms with van der Waals surface area (Å²) in [6.45, 7) is 2.89. The van der Waals surface area contributed by atoms with Gasteiger partial charge in [0.15, 0.2) is 0 Å². The molecule has 0 spiro atoms. The van der Waals surface area contributed by atoms with Crippen molar-refractivity contribution < 1.29 is 4.79 Å². The molecule has 0 radical (unpaired) electrons. The predicted molar refractivity (Wildman–Crippen MR) is 125 cm³/mol. The Hall–Kier alpha value is -3.94. The zero-order valence-electron chi connectivity index (χ0n) is 18.4. The van der Waals surface area contributed by atoms with Crippen LogP contribution in [0.5, 0.6) is 0 Å². The van der Waals surface area contributed by atoms with Crippen molar-refractivity contribution in [3.8, 4) is 0 Å². The van der Waals surface area contributed by atoms with E-state index in [1.54, 1.807) is 25.1 Å². The first kappa shape index (κ1) is 20.9. The molecule has 0 unspecified atom stereocenters.